The van der Waals surface area contributed by atoms with Crippen LogP contribution in [0.1, 0.15) is 22.5 Å². The smallest absolute Gasteiger partial charge is 0.344 e. The lowest BCUT2D eigenvalue weighted by molar-refractivity contribution is 0.0921. The van der Waals surface area contributed by atoms with Gasteiger partial charge < -0.3 is 9.73 Å². The number of nitrogens with one attached hydrogen (secondary N) is 1. The van der Waals surface area contributed by atoms with Crippen LogP contribution in [0.2, 0.25) is 0 Å². The summed E-state index contributed by atoms with van der Waals surface area (Å²) in [6.07, 6.45) is 1.71. The third-order valence-electron chi connectivity index (χ3n) is 3.72. The van der Waals surface area contributed by atoms with Crippen molar-refractivity contribution in [2.24, 2.45) is 0 Å². The molecule has 2 aromatic carbocycles. The first-order valence-corrected chi connectivity index (χ1v) is 8.48. The summed E-state index contributed by atoms with van der Waals surface area (Å²) < 4.78 is 5.93. The van der Waals surface area contributed by atoms with E-state index in [1.807, 2.05) is 24.3 Å². The molecule has 0 bridgehead atoms. The van der Waals surface area contributed by atoms with E-state index in [1.165, 1.54) is 5.56 Å². The van der Waals surface area contributed by atoms with E-state index in [0.717, 1.165) is 17.3 Å². The van der Waals surface area contributed by atoms with Crippen molar-refractivity contribution >= 4 is 32.6 Å². The summed E-state index contributed by atoms with van der Waals surface area (Å²) in [4.78, 5) is 24.2. The first-order chi connectivity index (χ1) is 11.6. The van der Waals surface area contributed by atoms with Crippen LogP contribution in [0.15, 0.2) is 68.3 Å². The number of hydrogen-bond acceptors (Lipinski definition) is 3. The standard InChI is InChI=1S/C19H16BrNO3/c20-15-9-8-14-11-17(24-19(23)16(14)12-15)18(22)21-10-4-7-13-5-2-1-3-6-13/h1-3,5-6,8-9,11-12H,4,7,10H2,(H,21,22). The highest BCUT2D eigenvalue weighted by Crippen LogP contribution is 2.18. The van der Waals surface area contributed by atoms with Crippen molar-refractivity contribution in [3.05, 3.63) is 80.8 Å². The zero-order chi connectivity index (χ0) is 16.9. The summed E-state index contributed by atoms with van der Waals surface area (Å²) in [6.45, 7) is 0.524. The number of carbonyl (C=O) groups excluding carboxylic acids is 1. The highest BCUT2D eigenvalue weighted by atomic mass is 79.9. The first-order valence-electron chi connectivity index (χ1n) is 7.69. The van der Waals surface area contributed by atoms with Gasteiger partial charge in [0, 0.05) is 11.0 Å². The SMILES string of the molecule is O=C(NCCCc1ccccc1)c1cc2ccc(Br)cc2c(=O)o1. The minimum Gasteiger partial charge on any atom is -0.417 e. The third-order valence-corrected chi connectivity index (χ3v) is 4.21. The van der Waals surface area contributed by atoms with Crippen molar-refractivity contribution in [3.8, 4) is 0 Å². The van der Waals surface area contributed by atoms with Gasteiger partial charge in [-0.25, -0.2) is 4.79 Å². The second-order valence-electron chi connectivity index (χ2n) is 5.47. The van der Waals surface area contributed by atoms with Gasteiger partial charge in [-0.15, -0.1) is 0 Å². The van der Waals surface area contributed by atoms with Crippen molar-refractivity contribution in [1.29, 1.82) is 0 Å². The molecule has 3 rings (SSSR count). The number of amides is 1. The Morgan fingerprint density at radius 1 is 1.08 bits per heavy atom. The second-order valence-corrected chi connectivity index (χ2v) is 6.39. The van der Waals surface area contributed by atoms with Gasteiger partial charge in [-0.1, -0.05) is 52.3 Å². The van der Waals surface area contributed by atoms with E-state index in [2.05, 4.69) is 33.4 Å². The summed E-state index contributed by atoms with van der Waals surface area (Å²) in [5, 5.41) is 3.92. The molecule has 1 heterocycles. The van der Waals surface area contributed by atoms with E-state index in [0.29, 0.717) is 17.3 Å². The van der Waals surface area contributed by atoms with Crippen LogP contribution in [0, 0.1) is 0 Å². The molecule has 5 heteroatoms. The number of benzene rings is 2. The molecule has 0 saturated carbocycles. The van der Waals surface area contributed by atoms with Crippen LogP contribution >= 0.6 is 15.9 Å². The van der Waals surface area contributed by atoms with E-state index in [1.54, 1.807) is 18.2 Å². The molecule has 1 N–H and O–H groups in total. The molecule has 4 nitrogen and oxygen atoms in total. The molecule has 0 aliphatic carbocycles. The number of halogens is 1. The van der Waals surface area contributed by atoms with Crippen LogP contribution in [0.25, 0.3) is 10.8 Å². The zero-order valence-electron chi connectivity index (χ0n) is 12.9. The predicted octanol–water partition coefficient (Wildman–Crippen LogP) is 3.92. The van der Waals surface area contributed by atoms with Crippen LogP contribution in [0.3, 0.4) is 0 Å². The molecule has 3 aromatic rings. The van der Waals surface area contributed by atoms with Gasteiger partial charge in [-0.2, -0.15) is 0 Å². The van der Waals surface area contributed by atoms with Crippen LogP contribution in [-0.2, 0) is 6.42 Å². The molecular formula is C19H16BrNO3. The lowest BCUT2D eigenvalue weighted by Gasteiger charge is -2.05. The van der Waals surface area contributed by atoms with Gasteiger partial charge in [0.25, 0.3) is 5.91 Å². The van der Waals surface area contributed by atoms with Gasteiger partial charge in [0.05, 0.1) is 5.39 Å². The third kappa shape index (κ3) is 3.92. The fourth-order valence-corrected chi connectivity index (χ4v) is 2.86. The van der Waals surface area contributed by atoms with Gasteiger partial charge in [-0.3, -0.25) is 4.79 Å². The Kier molecular flexibility index (Phi) is 5.11. The van der Waals surface area contributed by atoms with E-state index >= 15 is 0 Å². The highest BCUT2D eigenvalue weighted by Gasteiger charge is 2.12. The number of aryl methyl sites for hydroxylation is 1. The van der Waals surface area contributed by atoms with Crippen molar-refractivity contribution in [2.45, 2.75) is 12.8 Å². The Morgan fingerprint density at radius 3 is 2.67 bits per heavy atom. The lowest BCUT2D eigenvalue weighted by atomic mass is 10.1. The molecule has 0 aliphatic heterocycles. The van der Waals surface area contributed by atoms with Crippen molar-refractivity contribution in [3.63, 3.8) is 0 Å². The Labute approximate surface area is 147 Å². The largest absolute Gasteiger partial charge is 0.417 e. The topological polar surface area (TPSA) is 59.3 Å². The monoisotopic (exact) mass is 385 g/mol. The average molecular weight is 386 g/mol. The van der Waals surface area contributed by atoms with Crippen LogP contribution in [0.5, 0.6) is 0 Å². The van der Waals surface area contributed by atoms with Crippen LogP contribution in [0.4, 0.5) is 0 Å². The molecule has 0 saturated heterocycles. The Balaban J connectivity index is 1.64. The van der Waals surface area contributed by atoms with Crippen molar-refractivity contribution in [2.75, 3.05) is 6.54 Å². The molecule has 1 aromatic heterocycles. The Bertz CT molecular complexity index is 919. The molecule has 0 spiro atoms. The molecule has 0 radical (unpaired) electrons. The van der Waals surface area contributed by atoms with Crippen molar-refractivity contribution < 1.29 is 9.21 Å². The summed E-state index contributed by atoms with van der Waals surface area (Å²) in [7, 11) is 0. The van der Waals surface area contributed by atoms with Crippen LogP contribution in [-0.4, -0.2) is 12.5 Å². The molecule has 24 heavy (non-hydrogen) atoms. The van der Waals surface area contributed by atoms with Gasteiger partial charge in [-0.05, 0) is 42.0 Å². The quantitative estimate of drug-likeness (QED) is 0.677. The summed E-state index contributed by atoms with van der Waals surface area (Å²) >= 11 is 3.32. The maximum absolute atomic E-state index is 12.2. The lowest BCUT2D eigenvalue weighted by Crippen LogP contribution is -2.25. The molecule has 0 unspecified atom stereocenters. The van der Waals surface area contributed by atoms with Gasteiger partial charge in [0.2, 0.25) is 0 Å². The molecule has 0 aliphatic rings. The normalized spacial score (nSPS) is 10.7. The zero-order valence-corrected chi connectivity index (χ0v) is 14.5. The van der Waals surface area contributed by atoms with E-state index in [-0.39, 0.29) is 11.7 Å². The predicted molar refractivity (Wildman–Crippen MR) is 97.3 cm³/mol. The minimum absolute atomic E-state index is 0.0366. The summed E-state index contributed by atoms with van der Waals surface area (Å²) in [5.41, 5.74) is 0.720. The maximum Gasteiger partial charge on any atom is 0.344 e. The van der Waals surface area contributed by atoms with Gasteiger partial charge in [0.15, 0.2) is 5.76 Å². The Hall–Kier alpha value is -2.40. The van der Waals surface area contributed by atoms with Gasteiger partial charge >= 0.3 is 5.63 Å². The summed E-state index contributed by atoms with van der Waals surface area (Å²) in [6, 6.07) is 17.0. The molecule has 0 fully saturated rings. The van der Waals surface area contributed by atoms with E-state index in [9.17, 15) is 9.59 Å². The molecule has 1 amide bonds. The number of fused-ring (bicyclic) bond motifs is 1. The van der Waals surface area contributed by atoms with Crippen LogP contribution < -0.4 is 10.9 Å². The number of rotatable bonds is 5. The van der Waals surface area contributed by atoms with Crippen molar-refractivity contribution in [1.82, 2.24) is 5.32 Å². The highest BCUT2D eigenvalue weighted by molar-refractivity contribution is 9.10. The molecular weight excluding hydrogens is 370 g/mol. The molecule has 122 valence electrons. The van der Waals surface area contributed by atoms with E-state index in [4.69, 9.17) is 4.42 Å². The number of hydrogen-bond donors (Lipinski definition) is 1. The minimum atomic E-state index is -0.511. The second kappa shape index (κ2) is 7.45. The fourth-order valence-electron chi connectivity index (χ4n) is 2.49. The molecule has 0 atom stereocenters. The summed E-state index contributed by atoms with van der Waals surface area (Å²) in [5.74, 6) is -0.334. The fraction of sp³-hybridized carbons (Fsp3) is 0.158. The van der Waals surface area contributed by atoms with Gasteiger partial charge in [0.1, 0.15) is 0 Å². The maximum atomic E-state index is 12.2. The Morgan fingerprint density at radius 2 is 1.88 bits per heavy atom. The number of carbonyl (C=O) groups is 1. The first kappa shape index (κ1) is 16.5. The average Bonchev–Trinajstić information content (AvgIpc) is 2.60. The van der Waals surface area contributed by atoms with E-state index < -0.39 is 5.63 Å².